The van der Waals surface area contributed by atoms with Crippen LogP contribution in [0.2, 0.25) is 0 Å². The summed E-state index contributed by atoms with van der Waals surface area (Å²) in [7, 11) is 0. The first-order chi connectivity index (χ1) is 21.5. The Hall–Kier alpha value is -4.84. The van der Waals surface area contributed by atoms with Crippen LogP contribution in [0.1, 0.15) is 75.4 Å². The van der Waals surface area contributed by atoms with E-state index in [1.165, 1.54) is 0 Å². The summed E-state index contributed by atoms with van der Waals surface area (Å²) in [5.41, 5.74) is 6.99. The second-order valence-electron chi connectivity index (χ2n) is 14.1. The van der Waals surface area contributed by atoms with Gasteiger partial charge in [0.05, 0.1) is 22.1 Å². The van der Waals surface area contributed by atoms with Crippen molar-refractivity contribution in [3.63, 3.8) is 0 Å². The molecular weight excluding hydrogens is 568 g/mol. The van der Waals surface area contributed by atoms with Crippen LogP contribution in [0.25, 0.3) is 43.6 Å². The van der Waals surface area contributed by atoms with Crippen molar-refractivity contribution < 1.29 is 10.2 Å². The Morgan fingerprint density at radius 2 is 0.630 bits per heavy atom. The van der Waals surface area contributed by atoms with E-state index in [0.717, 1.165) is 11.1 Å². The first-order valence-electron chi connectivity index (χ1n) is 15.7. The van der Waals surface area contributed by atoms with Crippen molar-refractivity contribution in [3.8, 4) is 11.5 Å². The van der Waals surface area contributed by atoms with Crippen molar-refractivity contribution >= 4 is 43.6 Å². The van der Waals surface area contributed by atoms with Gasteiger partial charge in [0.15, 0.2) is 0 Å². The van der Waals surface area contributed by atoms with Crippen LogP contribution in [0, 0.1) is 27.7 Å². The summed E-state index contributed by atoms with van der Waals surface area (Å²) in [5.74, 6) is 0.251. The van der Waals surface area contributed by atoms with Gasteiger partial charge in [-0.25, -0.2) is 0 Å². The van der Waals surface area contributed by atoms with Crippen molar-refractivity contribution in [2.75, 3.05) is 0 Å². The number of hydrogen-bond donors (Lipinski definition) is 2. The number of phenols is 2. The highest BCUT2D eigenvalue weighted by Gasteiger charge is 2.19. The lowest BCUT2D eigenvalue weighted by molar-refractivity contribution is 0.485. The summed E-state index contributed by atoms with van der Waals surface area (Å²) >= 11 is 0. The maximum Gasteiger partial charge on any atom is 0.133 e. The van der Waals surface area contributed by atoms with Gasteiger partial charge in [0.2, 0.25) is 0 Å². The van der Waals surface area contributed by atoms with Crippen molar-refractivity contribution in [2.24, 2.45) is 0 Å². The number of rotatable bonds is 0. The zero-order valence-electron chi connectivity index (χ0n) is 28.6. The lowest BCUT2D eigenvalue weighted by atomic mass is 9.85. The fourth-order valence-electron chi connectivity index (χ4n) is 5.51. The summed E-state index contributed by atoms with van der Waals surface area (Å²) in [6.07, 6.45) is 0. The van der Waals surface area contributed by atoms with Crippen LogP contribution in [0.4, 0.5) is 0 Å². The summed E-state index contributed by atoms with van der Waals surface area (Å²) in [6.45, 7) is 20.5. The Bertz CT molecular complexity index is 1900. The second kappa shape index (κ2) is 12.2. The molecule has 0 amide bonds. The second-order valence-corrected chi connectivity index (χ2v) is 14.1. The molecule has 0 aliphatic rings. The van der Waals surface area contributed by atoms with E-state index >= 15 is 0 Å². The molecule has 46 heavy (non-hydrogen) atoms. The molecule has 0 radical (unpaired) electrons. The monoisotopic (exact) mass is 612 g/mol. The third-order valence-corrected chi connectivity index (χ3v) is 8.43. The van der Waals surface area contributed by atoms with E-state index in [1.807, 2.05) is 100 Å². The third-order valence-electron chi connectivity index (χ3n) is 8.43. The Kier molecular flexibility index (Phi) is 8.61. The predicted molar refractivity (Wildman–Crippen MR) is 191 cm³/mol. The fourth-order valence-corrected chi connectivity index (χ4v) is 5.51. The van der Waals surface area contributed by atoms with Crippen LogP contribution in [-0.4, -0.2) is 30.1 Å². The Morgan fingerprint density at radius 3 is 0.826 bits per heavy atom. The van der Waals surface area contributed by atoms with Crippen LogP contribution < -0.4 is 0 Å². The summed E-state index contributed by atoms with van der Waals surface area (Å²) in [6, 6.07) is 23.4. The Morgan fingerprint density at radius 1 is 0.413 bits per heavy atom. The zero-order valence-corrected chi connectivity index (χ0v) is 28.6. The van der Waals surface area contributed by atoms with E-state index in [4.69, 9.17) is 19.9 Å². The van der Waals surface area contributed by atoms with Gasteiger partial charge in [0, 0.05) is 44.3 Å². The molecule has 0 aliphatic heterocycles. The van der Waals surface area contributed by atoms with Crippen molar-refractivity contribution in [2.45, 2.75) is 80.1 Å². The summed E-state index contributed by atoms with van der Waals surface area (Å²) in [4.78, 5) is 20.0. The first-order valence-corrected chi connectivity index (χ1v) is 15.7. The van der Waals surface area contributed by atoms with Gasteiger partial charge in [0.25, 0.3) is 0 Å². The molecule has 0 fully saturated rings. The highest BCUT2D eigenvalue weighted by atomic mass is 16.3. The molecule has 5 aromatic rings. The van der Waals surface area contributed by atoms with Crippen LogP contribution >= 0.6 is 0 Å². The van der Waals surface area contributed by atoms with Gasteiger partial charge in [-0.1, -0.05) is 65.8 Å². The average Bonchev–Trinajstić information content (AvgIpc) is 2.97. The fraction of sp³-hybridized carbons (Fsp3) is 0.300. The van der Waals surface area contributed by atoms with Crippen LogP contribution in [0.15, 0.2) is 72.8 Å². The lowest BCUT2D eigenvalue weighted by Gasteiger charge is -2.20. The number of fused-ring (bicyclic) bond motifs is 6. The molecule has 0 atom stereocenters. The average molecular weight is 613 g/mol. The zero-order chi connectivity index (χ0) is 33.6. The maximum absolute atomic E-state index is 11.7. The Labute approximate surface area is 271 Å². The van der Waals surface area contributed by atoms with E-state index in [-0.39, 0.29) is 22.3 Å². The number of nitrogens with zero attached hydrogens (tertiary/aromatic N) is 4. The van der Waals surface area contributed by atoms with Gasteiger partial charge < -0.3 is 10.2 Å². The van der Waals surface area contributed by atoms with Crippen LogP contribution in [0.5, 0.6) is 11.5 Å². The van der Waals surface area contributed by atoms with Gasteiger partial charge >= 0.3 is 0 Å². The number of aryl methyl sites for hydroxylation is 4. The van der Waals surface area contributed by atoms with Crippen molar-refractivity contribution in [1.29, 1.82) is 0 Å². The molecule has 4 bridgehead atoms. The number of aromatic hydroxyl groups is 2. The lowest BCUT2D eigenvalue weighted by Crippen LogP contribution is -2.11. The van der Waals surface area contributed by atoms with Gasteiger partial charge in [-0.15, -0.1) is 0 Å². The van der Waals surface area contributed by atoms with Crippen LogP contribution in [0.3, 0.4) is 0 Å². The molecule has 1 heterocycles. The molecule has 0 saturated carbocycles. The van der Waals surface area contributed by atoms with Crippen LogP contribution in [-0.2, 0) is 10.8 Å². The number of benzene rings is 4. The van der Waals surface area contributed by atoms with Gasteiger partial charge in [-0.2, -0.15) is 0 Å². The molecule has 6 heteroatoms. The predicted octanol–water partition coefficient (Wildman–Crippen LogP) is 9.93. The number of phenolic OH excluding ortho intramolecular Hbond substituents is 2. The largest absolute Gasteiger partial charge is 0.507 e. The molecule has 1 aromatic heterocycles. The molecular formula is C40H44N4O2. The van der Waals surface area contributed by atoms with Gasteiger partial charge in [0.1, 0.15) is 11.5 Å². The van der Waals surface area contributed by atoms with Crippen molar-refractivity contribution in [3.05, 3.63) is 107 Å². The molecule has 5 rings (SSSR count). The van der Waals surface area contributed by atoms with Gasteiger partial charge in [-0.05, 0) is 98.2 Å². The highest BCUT2D eigenvalue weighted by Crippen LogP contribution is 2.36. The normalized spacial score (nSPS) is 11.9. The first kappa shape index (κ1) is 32.6. The molecule has 2 N–H and O–H groups in total. The topological polar surface area (TPSA) is 92.0 Å². The maximum atomic E-state index is 11.7. The van der Waals surface area contributed by atoms with E-state index in [1.54, 1.807) is 0 Å². The minimum atomic E-state index is -0.186. The van der Waals surface area contributed by atoms with E-state index < -0.39 is 0 Å². The molecule has 0 aliphatic carbocycles. The van der Waals surface area contributed by atoms with Gasteiger partial charge in [-0.3, -0.25) is 19.9 Å². The Balaban J connectivity index is 2.13. The molecule has 4 aromatic carbocycles. The van der Waals surface area contributed by atoms with Crippen molar-refractivity contribution in [1.82, 2.24) is 19.9 Å². The molecule has 0 spiro atoms. The van der Waals surface area contributed by atoms with E-state index in [0.29, 0.717) is 66.4 Å². The molecule has 0 unspecified atom stereocenters. The SMILES string of the molecule is Cc1nc2ccccc2nc(C)c2cc(C(C)(C)C)cc(c(C)nc3ccccc3nc(C)c3cc(C(C)(C)C)cc1c3O)c2O. The molecule has 6 nitrogen and oxygen atoms in total. The number of para-hydroxylation sites is 4. The standard InChI is InChI=1S/C40H44N4O2/c1-23-29-19-27(39(5,6)7)20-30(37(29)45)24(2)43-35-17-13-14-18-36(35)44-26(4)32-22-28(40(8,9)10)21-31(38(32)46)25(3)42-34-16-12-11-15-33(34)41-23/h11-22,45-46H,1-10H3. The molecule has 236 valence electrons. The smallest absolute Gasteiger partial charge is 0.133 e. The molecule has 0 saturated heterocycles. The minimum Gasteiger partial charge on any atom is -0.507 e. The quantitative estimate of drug-likeness (QED) is 0.181. The number of hydrogen-bond acceptors (Lipinski definition) is 6. The minimum absolute atomic E-state index is 0.126. The summed E-state index contributed by atoms with van der Waals surface area (Å²) in [5, 5.41) is 26.0. The summed E-state index contributed by atoms with van der Waals surface area (Å²) < 4.78 is 0. The highest BCUT2D eigenvalue weighted by molar-refractivity contribution is 5.88. The third kappa shape index (κ3) is 6.57. The van der Waals surface area contributed by atoms with E-state index in [2.05, 4.69) is 41.5 Å². The van der Waals surface area contributed by atoms with E-state index in [9.17, 15) is 10.2 Å². The number of aromatic nitrogens is 4.